The molecule has 4 N–H and O–H groups in total. The van der Waals surface area contributed by atoms with Crippen LogP contribution in [0.2, 0.25) is 0 Å². The lowest BCUT2D eigenvalue weighted by Crippen LogP contribution is -2.30. The molecule has 4 heavy (non-hydrogen) atoms. The Labute approximate surface area is 22.9 Å². The van der Waals surface area contributed by atoms with E-state index in [9.17, 15) is 4.48 Å². The number of hydrogen-bond donors (Lipinski definition) is 3. The Morgan fingerprint density at radius 3 is 2.00 bits per heavy atom. The van der Waals surface area contributed by atoms with Crippen molar-refractivity contribution in [3.8, 4) is 0 Å². The van der Waals surface area contributed by atoms with Gasteiger partial charge in [-0.15, -0.1) is 4.48 Å². The average Bonchev–Trinajstić information content (AvgIpc) is 1.37. The molecule has 0 heterocycles. The van der Waals surface area contributed by atoms with Crippen molar-refractivity contribution in [3.63, 3.8) is 0 Å². The molecule has 0 aliphatic rings. The van der Waals surface area contributed by atoms with Gasteiger partial charge in [0.2, 0.25) is 0 Å². The van der Waals surface area contributed by atoms with Crippen molar-refractivity contribution < 1.29 is 4.48 Å². The molecule has 0 aromatic rings. The Hall–Kier alpha value is -0.190. The summed E-state index contributed by atoms with van der Waals surface area (Å²) in [6.07, 6.45) is 0. The Morgan fingerprint density at radius 1 is 1.75 bits per heavy atom. The molecule has 0 saturated carbocycles. The fourth-order valence-electron chi connectivity index (χ4n) is 0. The maximum atomic E-state index is 10.2. The van der Waals surface area contributed by atoms with Gasteiger partial charge in [0, 0.05) is 0 Å². The summed E-state index contributed by atoms with van der Waals surface area (Å²) in [7, 11) is 0. The summed E-state index contributed by atoms with van der Waals surface area (Å²) in [5, 5.41) is 0. The molecule has 0 saturated heterocycles. The molecule has 0 fully saturated rings. The predicted octanol–water partition coefficient (Wildman–Crippen LogP) is -1.16. The van der Waals surface area contributed by atoms with Crippen LogP contribution in [0.15, 0.2) is 0 Å². The lowest BCUT2D eigenvalue weighted by Gasteiger charge is -1.76. The minimum absolute atomic E-state index is 0.958. The van der Waals surface area contributed by atoms with Crippen LogP contribution in [0.3, 0.4) is 0 Å². The summed E-state index contributed by atoms with van der Waals surface area (Å²) in [6, 6.07) is 0. The largest absolute Gasteiger partial charge is 0.256 e. The van der Waals surface area contributed by atoms with Crippen LogP contribution in [0.5, 0.6) is 0 Å². The van der Waals surface area contributed by atoms with Gasteiger partial charge in [-0.3, -0.25) is 5.84 Å². The summed E-state index contributed by atoms with van der Waals surface area (Å²) in [5.41, 5.74) is 2.47. The number of rotatable bonds is 1. The summed E-state index contributed by atoms with van der Waals surface area (Å²) in [6.45, 7) is 0. The topological polar surface area (TPSA) is 50.1 Å². The quantitative estimate of drug-likeness (QED) is 0.205. The van der Waals surface area contributed by atoms with E-state index in [1.807, 2.05) is 0 Å². The van der Waals surface area contributed by atoms with Crippen molar-refractivity contribution in [2.24, 2.45) is 5.84 Å². The summed E-state index contributed by atoms with van der Waals surface area (Å²) < 4.78 is 10.2. The first kappa shape index (κ1) is 3.81. The molecule has 26 valence electrons. The van der Waals surface area contributed by atoms with E-state index in [0.717, 1.165) is 5.65 Å². The van der Waals surface area contributed by atoms with Gasteiger partial charge in [-0.05, 0) is 0 Å². The van der Waals surface area contributed by atoms with Gasteiger partial charge in [-0.1, -0.05) is 5.65 Å². The maximum absolute atomic E-state index is 10.2. The van der Waals surface area contributed by atoms with Crippen molar-refractivity contribution in [3.05, 3.63) is 0 Å². The molecule has 3 nitrogen and oxygen atoms in total. The van der Waals surface area contributed by atoms with Gasteiger partial charge >= 0.3 is 0 Å². The van der Waals surface area contributed by atoms with Crippen LogP contribution in [-0.4, -0.2) is 0 Å². The third-order valence-corrected chi connectivity index (χ3v) is 0.0546. The van der Waals surface area contributed by atoms with Crippen molar-refractivity contribution in [1.82, 2.24) is 11.2 Å². The molecule has 0 bridgehead atoms. The fraction of sp³-hybridized carbons (Fsp3) is 0. The fourth-order valence-corrected chi connectivity index (χ4v) is 0. The molecule has 0 amide bonds. The lowest BCUT2D eigenvalue weighted by molar-refractivity contribution is 0.269. The molecule has 0 unspecified atom stereocenters. The first-order valence-corrected chi connectivity index (χ1v) is 0.728. The van der Waals surface area contributed by atoms with Gasteiger partial charge < -0.3 is 0 Å². The van der Waals surface area contributed by atoms with Gasteiger partial charge in [-0.25, -0.2) is 0 Å². The van der Waals surface area contributed by atoms with E-state index < -0.39 is 0 Å². The standard InChI is InChI=1S/FH4N3/c1-3-4-2/h3-4H,2H2. The number of hydrogen-bond acceptors (Lipinski definition) is 3. The first-order chi connectivity index (χ1) is 1.91. The smallest absolute Gasteiger partial charge is 0.0794 e. The third kappa shape index (κ3) is 1.81. The highest BCUT2D eigenvalue weighted by Gasteiger charge is 1.48. The van der Waals surface area contributed by atoms with E-state index in [0.29, 0.717) is 0 Å². The van der Waals surface area contributed by atoms with Crippen LogP contribution in [0.4, 0.5) is 4.48 Å². The van der Waals surface area contributed by atoms with Gasteiger partial charge in [0.1, 0.15) is 0 Å². The second-order valence-electron chi connectivity index (χ2n) is 0.239. The van der Waals surface area contributed by atoms with Crippen molar-refractivity contribution in [1.29, 1.82) is 0 Å². The number of nitrogens with two attached hydrogens (primary N) is 1. The zero-order valence-electron chi connectivity index (χ0n) is 1.96. The van der Waals surface area contributed by atoms with Crippen molar-refractivity contribution in [2.75, 3.05) is 0 Å². The number of hydrazine groups is 2. The van der Waals surface area contributed by atoms with E-state index >= 15 is 0 Å². The monoisotopic (exact) mass is 65.0 g/mol. The average molecular weight is 65.1 g/mol. The van der Waals surface area contributed by atoms with E-state index in [2.05, 4.69) is 5.84 Å². The zero-order chi connectivity index (χ0) is 3.41. The highest BCUT2D eigenvalue weighted by Crippen LogP contribution is 1.22. The summed E-state index contributed by atoms with van der Waals surface area (Å²) in [5.74, 6) is 4.29. The Kier molecular flexibility index (Phi) is 2.68. The molecule has 4 heteroatoms. The summed E-state index contributed by atoms with van der Waals surface area (Å²) in [4.78, 5) is 0. The van der Waals surface area contributed by atoms with E-state index in [1.165, 1.54) is 5.53 Å². The second kappa shape index (κ2) is 2.81. The minimum atomic E-state index is 0.958. The van der Waals surface area contributed by atoms with Crippen LogP contribution < -0.4 is 17.0 Å². The number of nitrogens with one attached hydrogen (secondary N) is 2. The van der Waals surface area contributed by atoms with Crippen LogP contribution in [0.1, 0.15) is 0 Å². The molecular weight excluding hydrogens is 61.0 g/mol. The molecule has 0 aliphatic carbocycles. The third-order valence-electron chi connectivity index (χ3n) is 0.0546. The molecule has 0 spiro atoms. The van der Waals surface area contributed by atoms with Gasteiger partial charge in [0.05, 0.1) is 0 Å². The van der Waals surface area contributed by atoms with Gasteiger partial charge in [0.25, 0.3) is 0 Å². The normalized spacial score (nSPS) is 7.50. The van der Waals surface area contributed by atoms with Crippen molar-refractivity contribution >= 4 is 0 Å². The predicted molar refractivity (Wildman–Crippen MR) is 11.6 cm³/mol. The molecule has 0 atom stereocenters. The molecule has 0 aromatic heterocycles. The Bertz CT molecular complexity index is 5.25. The SMILES string of the molecule is NNNF. The van der Waals surface area contributed by atoms with E-state index in [-0.39, 0.29) is 0 Å². The van der Waals surface area contributed by atoms with E-state index in [4.69, 9.17) is 0 Å². The lowest BCUT2D eigenvalue weighted by atomic mass is 12.6. The molecular formula is H4FN3. The highest BCUT2D eigenvalue weighted by atomic mass is 19.2. The highest BCUT2D eigenvalue weighted by molar-refractivity contribution is 3.72. The van der Waals surface area contributed by atoms with Crippen molar-refractivity contribution in [2.45, 2.75) is 0 Å². The Balaban J connectivity index is 1.97. The first-order valence-electron chi connectivity index (χ1n) is 0.728. The van der Waals surface area contributed by atoms with Crippen LogP contribution in [-0.2, 0) is 0 Å². The molecule has 0 radical (unpaired) electrons. The van der Waals surface area contributed by atoms with Crippen LogP contribution >= 0.6 is 0 Å². The maximum Gasteiger partial charge on any atom is -0.0794 e. The van der Waals surface area contributed by atoms with Gasteiger partial charge in [-0.2, -0.15) is 5.53 Å². The molecule has 0 aliphatic heterocycles. The molecule has 0 aromatic carbocycles. The zero-order valence-corrected chi connectivity index (χ0v) is 1.96. The minimum Gasteiger partial charge on any atom is -0.256 e. The Morgan fingerprint density at radius 2 is 2.00 bits per heavy atom. The molecule has 0 rings (SSSR count). The van der Waals surface area contributed by atoms with E-state index in [1.54, 1.807) is 0 Å². The van der Waals surface area contributed by atoms with Crippen LogP contribution in [0, 0.1) is 0 Å². The van der Waals surface area contributed by atoms with Crippen LogP contribution in [0.25, 0.3) is 0 Å². The second-order valence-corrected chi connectivity index (χ2v) is 0.239. The van der Waals surface area contributed by atoms with Gasteiger partial charge in [0.15, 0.2) is 0 Å². The summed E-state index contributed by atoms with van der Waals surface area (Å²) >= 11 is 0. The number of halogens is 1.